The molecule has 0 spiro atoms. The lowest BCUT2D eigenvalue weighted by Crippen LogP contribution is -2.31. The van der Waals surface area contributed by atoms with Crippen molar-refractivity contribution in [3.63, 3.8) is 0 Å². The summed E-state index contributed by atoms with van der Waals surface area (Å²) in [5.74, 6) is -0.263. The van der Waals surface area contributed by atoms with Crippen LogP contribution in [0.2, 0.25) is 0 Å². The van der Waals surface area contributed by atoms with Gasteiger partial charge in [-0.3, -0.25) is 4.90 Å². The number of benzene rings is 1. The Morgan fingerprint density at radius 3 is 2.55 bits per heavy atom. The molecule has 0 unspecified atom stereocenters. The second kappa shape index (κ2) is 7.14. The Morgan fingerprint density at radius 2 is 1.95 bits per heavy atom. The van der Waals surface area contributed by atoms with Crippen LogP contribution in [-0.4, -0.2) is 23.0 Å². The van der Waals surface area contributed by atoms with Crippen molar-refractivity contribution in [2.24, 2.45) is 5.73 Å². The van der Waals surface area contributed by atoms with Gasteiger partial charge in [0, 0.05) is 23.7 Å². The van der Waals surface area contributed by atoms with Crippen LogP contribution in [0.5, 0.6) is 0 Å². The molecule has 1 aliphatic rings. The predicted octanol–water partition coefficient (Wildman–Crippen LogP) is 3.61. The molecule has 1 fully saturated rings. The lowest BCUT2D eigenvalue weighted by atomic mass is 10.1. The van der Waals surface area contributed by atoms with Crippen LogP contribution in [0.15, 0.2) is 18.2 Å². The largest absolute Gasteiger partial charge is 0.389 e. The molecule has 0 radical (unpaired) electrons. The molecule has 0 saturated heterocycles. The van der Waals surface area contributed by atoms with Crippen LogP contribution in [0.3, 0.4) is 0 Å². The van der Waals surface area contributed by atoms with Crippen molar-refractivity contribution in [2.75, 3.05) is 7.05 Å². The highest BCUT2D eigenvalue weighted by atomic mass is 32.1. The fourth-order valence-electron chi connectivity index (χ4n) is 2.99. The van der Waals surface area contributed by atoms with E-state index in [9.17, 15) is 4.39 Å². The average molecular weight is 294 g/mol. The standard InChI is InChI=1S/C16H23FN2S/c1-19(13-8-4-2-3-5-9-13)11-12-7-6-10-14(15(12)17)16(18)20/h6-7,10,13H,2-5,8-9,11H2,1H3,(H2,18,20). The van der Waals surface area contributed by atoms with E-state index in [1.54, 1.807) is 6.07 Å². The van der Waals surface area contributed by atoms with Gasteiger partial charge in [-0.15, -0.1) is 0 Å². The maximum Gasteiger partial charge on any atom is 0.137 e. The Bertz CT molecular complexity index is 468. The first-order valence-electron chi connectivity index (χ1n) is 7.37. The molecule has 0 heterocycles. The summed E-state index contributed by atoms with van der Waals surface area (Å²) < 4.78 is 14.3. The third-order valence-electron chi connectivity index (χ3n) is 4.21. The lowest BCUT2D eigenvalue weighted by Gasteiger charge is -2.27. The molecule has 2 N–H and O–H groups in total. The third kappa shape index (κ3) is 3.76. The highest BCUT2D eigenvalue weighted by Gasteiger charge is 2.19. The van der Waals surface area contributed by atoms with Crippen molar-refractivity contribution >= 4 is 17.2 Å². The molecule has 1 aliphatic carbocycles. The minimum Gasteiger partial charge on any atom is -0.389 e. The quantitative estimate of drug-likeness (QED) is 0.679. The summed E-state index contributed by atoms with van der Waals surface area (Å²) in [6.45, 7) is 0.618. The maximum atomic E-state index is 14.3. The Hall–Kier alpha value is -1.00. The van der Waals surface area contributed by atoms with E-state index in [0.29, 0.717) is 23.7 Å². The van der Waals surface area contributed by atoms with Crippen molar-refractivity contribution in [2.45, 2.75) is 51.1 Å². The summed E-state index contributed by atoms with van der Waals surface area (Å²) in [7, 11) is 2.09. The second-order valence-corrected chi connectivity index (χ2v) is 6.14. The Morgan fingerprint density at radius 1 is 1.30 bits per heavy atom. The summed E-state index contributed by atoms with van der Waals surface area (Å²) in [5.41, 5.74) is 6.59. The van der Waals surface area contributed by atoms with Gasteiger partial charge in [0.05, 0.1) is 0 Å². The van der Waals surface area contributed by atoms with Gasteiger partial charge in [0.2, 0.25) is 0 Å². The van der Waals surface area contributed by atoms with Crippen LogP contribution in [-0.2, 0) is 6.54 Å². The first-order valence-corrected chi connectivity index (χ1v) is 7.78. The van der Waals surface area contributed by atoms with Crippen LogP contribution in [0.1, 0.15) is 49.7 Å². The molecule has 1 aromatic carbocycles. The van der Waals surface area contributed by atoms with Crippen LogP contribution in [0.25, 0.3) is 0 Å². The maximum absolute atomic E-state index is 14.3. The van der Waals surface area contributed by atoms with Crippen molar-refractivity contribution in [3.8, 4) is 0 Å². The first-order chi connectivity index (χ1) is 9.59. The van der Waals surface area contributed by atoms with E-state index in [-0.39, 0.29) is 10.8 Å². The number of thiocarbonyl (C=S) groups is 1. The number of halogens is 1. The molecule has 0 bridgehead atoms. The monoisotopic (exact) mass is 294 g/mol. The fraction of sp³-hybridized carbons (Fsp3) is 0.562. The molecule has 1 aromatic rings. The summed E-state index contributed by atoms with van der Waals surface area (Å²) in [4.78, 5) is 2.40. The van der Waals surface area contributed by atoms with Crippen LogP contribution in [0, 0.1) is 5.82 Å². The van der Waals surface area contributed by atoms with Gasteiger partial charge in [0.1, 0.15) is 10.8 Å². The SMILES string of the molecule is CN(Cc1cccc(C(N)=S)c1F)C1CCCCCC1. The second-order valence-electron chi connectivity index (χ2n) is 5.70. The first kappa shape index (κ1) is 15.4. The number of nitrogens with zero attached hydrogens (tertiary/aromatic N) is 1. The summed E-state index contributed by atoms with van der Waals surface area (Å²) in [6.07, 6.45) is 7.65. The zero-order valence-corrected chi connectivity index (χ0v) is 12.9. The van der Waals surface area contributed by atoms with Gasteiger partial charge >= 0.3 is 0 Å². The van der Waals surface area contributed by atoms with Gasteiger partial charge in [-0.05, 0) is 26.0 Å². The van der Waals surface area contributed by atoms with Crippen molar-refractivity contribution < 1.29 is 4.39 Å². The highest BCUT2D eigenvalue weighted by Crippen LogP contribution is 2.23. The van der Waals surface area contributed by atoms with Gasteiger partial charge < -0.3 is 5.73 Å². The minimum absolute atomic E-state index is 0.126. The molecular weight excluding hydrogens is 271 g/mol. The number of hydrogen-bond acceptors (Lipinski definition) is 2. The van der Waals surface area contributed by atoms with E-state index < -0.39 is 0 Å². The predicted molar refractivity (Wildman–Crippen MR) is 85.2 cm³/mol. The van der Waals surface area contributed by atoms with E-state index in [0.717, 1.165) is 0 Å². The Balaban J connectivity index is 2.08. The molecule has 1 saturated carbocycles. The van der Waals surface area contributed by atoms with E-state index >= 15 is 0 Å². The number of rotatable bonds is 4. The van der Waals surface area contributed by atoms with Gasteiger partial charge in [-0.1, -0.05) is 50.0 Å². The smallest absolute Gasteiger partial charge is 0.137 e. The van der Waals surface area contributed by atoms with Crippen molar-refractivity contribution in [1.82, 2.24) is 4.90 Å². The van der Waals surface area contributed by atoms with Gasteiger partial charge in [-0.2, -0.15) is 0 Å². The summed E-state index contributed by atoms with van der Waals surface area (Å²) in [5, 5.41) is 0. The molecule has 0 amide bonds. The minimum atomic E-state index is -0.263. The van der Waals surface area contributed by atoms with Crippen molar-refractivity contribution in [1.29, 1.82) is 0 Å². The summed E-state index contributed by atoms with van der Waals surface area (Å²) >= 11 is 4.89. The van der Waals surface area contributed by atoms with E-state index in [1.807, 2.05) is 12.1 Å². The third-order valence-corrected chi connectivity index (χ3v) is 4.43. The highest BCUT2D eigenvalue weighted by molar-refractivity contribution is 7.80. The Labute approximate surface area is 126 Å². The number of hydrogen-bond donors (Lipinski definition) is 1. The molecule has 20 heavy (non-hydrogen) atoms. The van der Waals surface area contributed by atoms with Gasteiger partial charge in [-0.25, -0.2) is 4.39 Å². The van der Waals surface area contributed by atoms with E-state index in [4.69, 9.17) is 18.0 Å². The molecule has 2 nitrogen and oxygen atoms in total. The van der Waals surface area contributed by atoms with E-state index in [1.165, 1.54) is 38.5 Å². The molecule has 0 aliphatic heterocycles. The van der Waals surface area contributed by atoms with E-state index in [2.05, 4.69) is 11.9 Å². The van der Waals surface area contributed by atoms with Gasteiger partial charge in [0.25, 0.3) is 0 Å². The zero-order valence-electron chi connectivity index (χ0n) is 12.1. The van der Waals surface area contributed by atoms with Crippen LogP contribution in [0.4, 0.5) is 4.39 Å². The number of nitrogens with two attached hydrogens (primary N) is 1. The zero-order chi connectivity index (χ0) is 14.5. The topological polar surface area (TPSA) is 29.3 Å². The molecule has 110 valence electrons. The molecule has 2 rings (SSSR count). The summed E-state index contributed by atoms with van der Waals surface area (Å²) in [6, 6.07) is 5.86. The average Bonchev–Trinajstić information content (AvgIpc) is 2.69. The van der Waals surface area contributed by atoms with Gasteiger partial charge in [0.15, 0.2) is 0 Å². The molecule has 0 aromatic heterocycles. The normalized spacial score (nSPS) is 17.1. The van der Waals surface area contributed by atoms with Crippen LogP contribution >= 0.6 is 12.2 Å². The molecular formula is C16H23FN2S. The Kier molecular flexibility index (Phi) is 5.49. The molecule has 0 atom stereocenters. The van der Waals surface area contributed by atoms with Crippen LogP contribution < -0.4 is 5.73 Å². The molecule has 4 heteroatoms. The lowest BCUT2D eigenvalue weighted by molar-refractivity contribution is 0.210. The fourth-order valence-corrected chi connectivity index (χ4v) is 3.15. The van der Waals surface area contributed by atoms with Crippen molar-refractivity contribution in [3.05, 3.63) is 35.1 Å².